The van der Waals surface area contributed by atoms with Gasteiger partial charge in [0.15, 0.2) is 18.0 Å². The number of hydrogen-bond acceptors (Lipinski definition) is 4. The van der Waals surface area contributed by atoms with Crippen molar-refractivity contribution in [1.82, 2.24) is 14.3 Å². The van der Waals surface area contributed by atoms with Gasteiger partial charge in [0.2, 0.25) is 0 Å². The molecule has 6 nitrogen and oxygen atoms in total. The zero-order valence-corrected chi connectivity index (χ0v) is 12.7. The molecule has 2 N–H and O–H groups in total. The summed E-state index contributed by atoms with van der Waals surface area (Å²) in [6.07, 6.45) is 8.35. The zero-order valence-electron chi connectivity index (χ0n) is 12.7. The van der Waals surface area contributed by atoms with Crippen LogP contribution in [0.1, 0.15) is 31.4 Å². The Morgan fingerprint density at radius 3 is 2.77 bits per heavy atom. The van der Waals surface area contributed by atoms with Gasteiger partial charge in [-0.2, -0.15) is 0 Å². The van der Waals surface area contributed by atoms with Crippen molar-refractivity contribution >= 4 is 11.6 Å². The molecule has 0 aliphatic carbocycles. The number of nitrogens with two attached hydrogens (primary N) is 1. The fourth-order valence-corrected chi connectivity index (χ4v) is 2.80. The number of rotatable bonds is 4. The van der Waals surface area contributed by atoms with E-state index in [9.17, 15) is 4.79 Å². The summed E-state index contributed by atoms with van der Waals surface area (Å²) in [6, 6.07) is 3.71. The molecule has 3 rings (SSSR count). The minimum Gasteiger partial charge on any atom is -0.480 e. The first-order valence-electron chi connectivity index (χ1n) is 7.85. The Kier molecular flexibility index (Phi) is 4.58. The second-order valence-corrected chi connectivity index (χ2v) is 5.62. The number of likely N-dealkylation sites (tertiary alicyclic amines) is 1. The molecule has 1 aliphatic rings. The average molecular weight is 302 g/mol. The normalized spacial score (nSPS) is 15.8. The maximum Gasteiger partial charge on any atom is 0.260 e. The van der Waals surface area contributed by atoms with E-state index in [2.05, 4.69) is 4.98 Å². The van der Waals surface area contributed by atoms with Crippen LogP contribution in [0, 0.1) is 0 Å². The number of nitrogens with zero attached hydrogens (tertiary/aromatic N) is 3. The number of imidazole rings is 1. The lowest BCUT2D eigenvalue weighted by molar-refractivity contribution is -0.133. The lowest BCUT2D eigenvalue weighted by Gasteiger charge is -2.20. The van der Waals surface area contributed by atoms with Crippen molar-refractivity contribution in [2.24, 2.45) is 5.73 Å². The molecule has 0 saturated carbocycles. The van der Waals surface area contributed by atoms with E-state index in [4.69, 9.17) is 10.5 Å². The van der Waals surface area contributed by atoms with Crippen LogP contribution in [-0.2, 0) is 11.3 Å². The molecule has 22 heavy (non-hydrogen) atoms. The van der Waals surface area contributed by atoms with E-state index in [-0.39, 0.29) is 12.5 Å². The molecule has 0 unspecified atom stereocenters. The predicted molar refractivity (Wildman–Crippen MR) is 83.6 cm³/mol. The van der Waals surface area contributed by atoms with Gasteiger partial charge in [0.25, 0.3) is 5.91 Å². The molecule has 1 saturated heterocycles. The molecule has 118 valence electrons. The van der Waals surface area contributed by atoms with E-state index in [0.717, 1.165) is 31.6 Å². The van der Waals surface area contributed by atoms with E-state index in [1.54, 1.807) is 0 Å². The van der Waals surface area contributed by atoms with Gasteiger partial charge in [0.05, 0.1) is 5.69 Å². The lowest BCUT2D eigenvalue weighted by Crippen LogP contribution is -2.35. The Morgan fingerprint density at radius 2 is 2.05 bits per heavy atom. The first-order chi connectivity index (χ1) is 10.8. The van der Waals surface area contributed by atoms with Gasteiger partial charge < -0.3 is 19.8 Å². The number of carbonyl (C=O) groups is 1. The number of carbonyl (C=O) groups excluding carboxylic acids is 1. The summed E-state index contributed by atoms with van der Waals surface area (Å²) >= 11 is 0. The second-order valence-electron chi connectivity index (χ2n) is 5.62. The molecule has 0 radical (unpaired) electrons. The minimum absolute atomic E-state index is 0.0505. The molecular weight excluding hydrogens is 280 g/mol. The van der Waals surface area contributed by atoms with Gasteiger partial charge in [-0.1, -0.05) is 12.8 Å². The Bertz CT molecular complexity index is 645. The summed E-state index contributed by atoms with van der Waals surface area (Å²) in [4.78, 5) is 18.6. The quantitative estimate of drug-likeness (QED) is 0.930. The van der Waals surface area contributed by atoms with Crippen LogP contribution in [0.2, 0.25) is 0 Å². The largest absolute Gasteiger partial charge is 0.480 e. The molecule has 2 aromatic heterocycles. The number of ether oxygens (including phenoxy) is 1. The van der Waals surface area contributed by atoms with Gasteiger partial charge in [-0.15, -0.1) is 0 Å². The maximum absolute atomic E-state index is 12.3. The number of aromatic nitrogens is 2. The van der Waals surface area contributed by atoms with Crippen molar-refractivity contribution in [3.8, 4) is 5.75 Å². The smallest absolute Gasteiger partial charge is 0.260 e. The van der Waals surface area contributed by atoms with Crippen LogP contribution in [0.25, 0.3) is 5.65 Å². The summed E-state index contributed by atoms with van der Waals surface area (Å²) in [5.74, 6) is 0.667. The molecule has 0 aromatic carbocycles. The Labute approximate surface area is 129 Å². The van der Waals surface area contributed by atoms with E-state index in [1.165, 1.54) is 12.8 Å². The van der Waals surface area contributed by atoms with Gasteiger partial charge in [-0.25, -0.2) is 4.98 Å². The van der Waals surface area contributed by atoms with Crippen molar-refractivity contribution < 1.29 is 9.53 Å². The zero-order chi connectivity index (χ0) is 15.4. The summed E-state index contributed by atoms with van der Waals surface area (Å²) in [7, 11) is 0. The van der Waals surface area contributed by atoms with Gasteiger partial charge in [-0.05, 0) is 25.0 Å². The first-order valence-corrected chi connectivity index (χ1v) is 7.85. The Hall–Kier alpha value is -2.08. The van der Waals surface area contributed by atoms with Crippen LogP contribution in [-0.4, -0.2) is 39.9 Å². The Morgan fingerprint density at radius 1 is 1.27 bits per heavy atom. The van der Waals surface area contributed by atoms with Gasteiger partial charge >= 0.3 is 0 Å². The number of fused-ring (bicyclic) bond motifs is 1. The molecule has 0 atom stereocenters. The number of pyridine rings is 1. The third kappa shape index (κ3) is 3.22. The fourth-order valence-electron chi connectivity index (χ4n) is 2.80. The van der Waals surface area contributed by atoms with Gasteiger partial charge in [-0.3, -0.25) is 4.79 Å². The molecule has 1 amide bonds. The standard InChI is InChI=1S/C16H22N4O2/c17-10-13-11-20-9-5-6-14(16(20)18-13)22-12-15(21)19-7-3-1-2-4-8-19/h5-6,9,11H,1-4,7-8,10,12,17H2. The van der Waals surface area contributed by atoms with Crippen LogP contribution >= 0.6 is 0 Å². The Balaban J connectivity index is 1.68. The van der Waals surface area contributed by atoms with E-state index in [1.807, 2.05) is 33.8 Å². The first kappa shape index (κ1) is 14.8. The minimum atomic E-state index is 0.0505. The van der Waals surface area contributed by atoms with Crippen molar-refractivity contribution in [3.05, 3.63) is 30.2 Å². The van der Waals surface area contributed by atoms with Gasteiger partial charge in [0.1, 0.15) is 0 Å². The highest BCUT2D eigenvalue weighted by Crippen LogP contribution is 2.19. The monoisotopic (exact) mass is 302 g/mol. The highest BCUT2D eigenvalue weighted by Gasteiger charge is 2.16. The van der Waals surface area contributed by atoms with Crippen molar-refractivity contribution in [2.45, 2.75) is 32.2 Å². The molecule has 1 fully saturated rings. The summed E-state index contributed by atoms with van der Waals surface area (Å²) < 4.78 is 7.59. The second kappa shape index (κ2) is 6.79. The van der Waals surface area contributed by atoms with Crippen LogP contribution in [0.3, 0.4) is 0 Å². The summed E-state index contributed by atoms with van der Waals surface area (Å²) in [5, 5.41) is 0. The number of hydrogen-bond donors (Lipinski definition) is 1. The third-order valence-corrected chi connectivity index (χ3v) is 4.02. The van der Waals surface area contributed by atoms with E-state index in [0.29, 0.717) is 17.9 Å². The highest BCUT2D eigenvalue weighted by molar-refractivity contribution is 5.78. The van der Waals surface area contributed by atoms with E-state index >= 15 is 0 Å². The third-order valence-electron chi connectivity index (χ3n) is 4.02. The molecule has 2 aromatic rings. The van der Waals surface area contributed by atoms with Crippen LogP contribution < -0.4 is 10.5 Å². The average Bonchev–Trinajstić information content (AvgIpc) is 2.78. The van der Waals surface area contributed by atoms with Crippen LogP contribution in [0.4, 0.5) is 0 Å². The molecule has 3 heterocycles. The van der Waals surface area contributed by atoms with Crippen LogP contribution in [0.5, 0.6) is 5.75 Å². The summed E-state index contributed by atoms with van der Waals surface area (Å²) in [6.45, 7) is 2.12. The highest BCUT2D eigenvalue weighted by atomic mass is 16.5. The molecule has 0 bridgehead atoms. The number of amides is 1. The molecule has 6 heteroatoms. The maximum atomic E-state index is 12.3. The van der Waals surface area contributed by atoms with E-state index < -0.39 is 0 Å². The lowest BCUT2D eigenvalue weighted by atomic mass is 10.2. The molecule has 0 spiro atoms. The van der Waals surface area contributed by atoms with Crippen LogP contribution in [0.15, 0.2) is 24.5 Å². The fraction of sp³-hybridized carbons (Fsp3) is 0.500. The van der Waals surface area contributed by atoms with Crippen molar-refractivity contribution in [3.63, 3.8) is 0 Å². The predicted octanol–water partition coefficient (Wildman–Crippen LogP) is 1.57. The van der Waals surface area contributed by atoms with Gasteiger partial charge in [0, 0.05) is 32.0 Å². The SMILES string of the molecule is NCc1cn2cccc(OCC(=O)N3CCCCCC3)c2n1. The topological polar surface area (TPSA) is 72.9 Å². The van der Waals surface area contributed by atoms with Crippen molar-refractivity contribution in [2.75, 3.05) is 19.7 Å². The molecular formula is C16H22N4O2. The summed E-state index contributed by atoms with van der Waals surface area (Å²) in [5.41, 5.74) is 7.12. The molecule has 1 aliphatic heterocycles. The van der Waals surface area contributed by atoms with Crippen molar-refractivity contribution in [1.29, 1.82) is 0 Å².